The minimum atomic E-state index is -0.134. The largest absolute Gasteiger partial charge is 0.384 e. The first-order valence-corrected chi connectivity index (χ1v) is 7.63. The van der Waals surface area contributed by atoms with Crippen molar-refractivity contribution in [1.29, 1.82) is 0 Å². The van der Waals surface area contributed by atoms with Crippen LogP contribution in [0.2, 0.25) is 0 Å². The summed E-state index contributed by atoms with van der Waals surface area (Å²) < 4.78 is 0. The normalized spacial score (nSPS) is 15.4. The fraction of sp³-hybridized carbons (Fsp3) is 0.235. The monoisotopic (exact) mass is 297 g/mol. The van der Waals surface area contributed by atoms with E-state index in [1.165, 1.54) is 16.9 Å². The van der Waals surface area contributed by atoms with E-state index in [9.17, 15) is 4.79 Å². The Kier molecular flexibility index (Phi) is 4.05. The highest BCUT2D eigenvalue weighted by Gasteiger charge is 2.31. The minimum Gasteiger partial charge on any atom is -0.384 e. The van der Waals surface area contributed by atoms with Gasteiger partial charge < -0.3 is 10.4 Å². The Labute approximate surface area is 127 Å². The van der Waals surface area contributed by atoms with Crippen LogP contribution in [0.3, 0.4) is 0 Å². The lowest BCUT2D eigenvalue weighted by atomic mass is 9.77. The van der Waals surface area contributed by atoms with Gasteiger partial charge in [0.2, 0.25) is 5.91 Å². The van der Waals surface area contributed by atoms with Crippen LogP contribution in [0.5, 0.6) is 0 Å². The van der Waals surface area contributed by atoms with Crippen LogP contribution < -0.4 is 5.32 Å². The van der Waals surface area contributed by atoms with E-state index in [1.807, 2.05) is 30.3 Å². The molecule has 1 aliphatic rings. The zero-order valence-corrected chi connectivity index (χ0v) is 12.2. The molecule has 106 valence electrons. The molecule has 1 unspecified atom stereocenters. The van der Waals surface area contributed by atoms with Gasteiger partial charge in [0.05, 0.1) is 17.3 Å². The van der Waals surface area contributed by atoms with Crippen molar-refractivity contribution in [3.05, 3.63) is 57.3 Å². The number of rotatable bonds is 3. The summed E-state index contributed by atoms with van der Waals surface area (Å²) in [5.41, 5.74) is 2.42. The molecular formula is C17H15NO2S. The first-order valence-electron chi connectivity index (χ1n) is 6.82. The van der Waals surface area contributed by atoms with Gasteiger partial charge in [-0.25, -0.2) is 0 Å². The number of aliphatic hydroxyl groups is 1. The third-order valence-electron chi connectivity index (χ3n) is 3.56. The number of carbonyl (C=O) groups is 1. The van der Waals surface area contributed by atoms with E-state index >= 15 is 0 Å². The maximum atomic E-state index is 12.2. The van der Waals surface area contributed by atoms with Crippen LogP contribution in [0, 0.1) is 11.8 Å². The van der Waals surface area contributed by atoms with Gasteiger partial charge in [-0.15, -0.1) is 11.3 Å². The number of benzene rings is 1. The first-order chi connectivity index (χ1) is 10.3. The predicted molar refractivity (Wildman–Crippen MR) is 83.0 cm³/mol. The van der Waals surface area contributed by atoms with Crippen molar-refractivity contribution < 1.29 is 9.90 Å². The molecule has 0 fully saturated rings. The second-order valence-corrected chi connectivity index (χ2v) is 6.07. The topological polar surface area (TPSA) is 49.3 Å². The second-order valence-electron chi connectivity index (χ2n) is 4.90. The summed E-state index contributed by atoms with van der Waals surface area (Å²) in [5.74, 6) is 5.57. The average molecular weight is 297 g/mol. The number of hydrogen-bond acceptors (Lipinski definition) is 3. The van der Waals surface area contributed by atoms with E-state index in [1.54, 1.807) is 0 Å². The number of aliphatic hydroxyl groups excluding tert-OH is 1. The van der Waals surface area contributed by atoms with E-state index in [0.29, 0.717) is 6.54 Å². The maximum Gasteiger partial charge on any atom is 0.228 e. The maximum absolute atomic E-state index is 12.2. The quantitative estimate of drug-likeness (QED) is 0.852. The van der Waals surface area contributed by atoms with Crippen molar-refractivity contribution in [3.8, 4) is 11.8 Å². The van der Waals surface area contributed by atoms with Crippen LogP contribution >= 0.6 is 11.3 Å². The van der Waals surface area contributed by atoms with Gasteiger partial charge in [0.1, 0.15) is 6.61 Å². The Morgan fingerprint density at radius 1 is 1.33 bits per heavy atom. The molecule has 21 heavy (non-hydrogen) atoms. The summed E-state index contributed by atoms with van der Waals surface area (Å²) in [6.45, 7) is 0.397. The lowest BCUT2D eigenvalue weighted by Crippen LogP contribution is -2.34. The van der Waals surface area contributed by atoms with Gasteiger partial charge in [0.15, 0.2) is 0 Å². The summed E-state index contributed by atoms with van der Waals surface area (Å²) in [5, 5.41) is 11.6. The molecule has 0 spiro atoms. The van der Waals surface area contributed by atoms with Crippen molar-refractivity contribution >= 4 is 17.2 Å². The fourth-order valence-corrected chi connectivity index (χ4v) is 3.28. The number of nitrogens with one attached hydrogen (secondary N) is 1. The van der Waals surface area contributed by atoms with Crippen LogP contribution in [0.15, 0.2) is 36.4 Å². The zero-order chi connectivity index (χ0) is 14.7. The minimum absolute atomic E-state index is 0.00480. The summed E-state index contributed by atoms with van der Waals surface area (Å²) in [6, 6.07) is 12.0. The highest BCUT2D eigenvalue weighted by molar-refractivity contribution is 7.12. The van der Waals surface area contributed by atoms with E-state index in [4.69, 9.17) is 5.11 Å². The molecule has 1 atom stereocenters. The Morgan fingerprint density at radius 2 is 2.19 bits per heavy atom. The molecule has 0 bridgehead atoms. The number of hydrogen-bond donors (Lipinski definition) is 2. The summed E-state index contributed by atoms with van der Waals surface area (Å²) in [7, 11) is 0. The van der Waals surface area contributed by atoms with Gasteiger partial charge in [0.25, 0.3) is 0 Å². The third kappa shape index (κ3) is 2.99. The van der Waals surface area contributed by atoms with Crippen molar-refractivity contribution in [2.75, 3.05) is 6.61 Å². The summed E-state index contributed by atoms with van der Waals surface area (Å²) in [6.07, 6.45) is 0.833. The van der Waals surface area contributed by atoms with E-state index < -0.39 is 0 Å². The second kappa shape index (κ2) is 6.13. The van der Waals surface area contributed by atoms with Crippen LogP contribution in [-0.2, 0) is 17.8 Å². The molecule has 1 heterocycles. The summed E-state index contributed by atoms with van der Waals surface area (Å²) >= 11 is 1.54. The number of fused-ring (bicyclic) bond motifs is 1. The van der Waals surface area contributed by atoms with E-state index in [-0.39, 0.29) is 18.4 Å². The van der Waals surface area contributed by atoms with Crippen LogP contribution in [0.1, 0.15) is 26.8 Å². The van der Waals surface area contributed by atoms with Gasteiger partial charge in [-0.3, -0.25) is 4.79 Å². The van der Waals surface area contributed by atoms with Crippen molar-refractivity contribution in [3.63, 3.8) is 0 Å². The first kappa shape index (κ1) is 13.9. The van der Waals surface area contributed by atoms with Gasteiger partial charge in [0, 0.05) is 4.88 Å². The Balaban J connectivity index is 1.56. The Hall–Kier alpha value is -2.09. The molecule has 1 aromatic heterocycles. The summed E-state index contributed by atoms with van der Waals surface area (Å²) in [4.78, 5) is 14.1. The van der Waals surface area contributed by atoms with Gasteiger partial charge in [-0.05, 0) is 29.7 Å². The highest BCUT2D eigenvalue weighted by atomic mass is 32.1. The van der Waals surface area contributed by atoms with Gasteiger partial charge in [-0.2, -0.15) is 0 Å². The molecule has 0 radical (unpaired) electrons. The predicted octanol–water partition coefficient (Wildman–Crippen LogP) is 2.05. The zero-order valence-electron chi connectivity index (χ0n) is 11.4. The molecule has 0 saturated heterocycles. The molecule has 1 amide bonds. The average Bonchev–Trinajstić information content (AvgIpc) is 2.92. The SMILES string of the molecule is O=C(NCc1ccc(C#CCO)s1)C1Cc2ccccc21. The number of carbonyl (C=O) groups excluding carboxylic acids is 1. The standard InChI is InChI=1S/C17H15NO2S/c19-9-3-5-13-7-8-14(21-13)11-18-17(20)16-10-12-4-1-2-6-15(12)16/h1-2,4,6-8,16,19H,9-11H2,(H,18,20). The van der Waals surface area contributed by atoms with Crippen LogP contribution in [-0.4, -0.2) is 17.6 Å². The highest BCUT2D eigenvalue weighted by Crippen LogP contribution is 2.34. The van der Waals surface area contributed by atoms with Crippen LogP contribution in [0.25, 0.3) is 0 Å². The van der Waals surface area contributed by atoms with Crippen molar-refractivity contribution in [2.24, 2.45) is 0 Å². The lowest BCUT2D eigenvalue weighted by Gasteiger charge is -2.28. The molecule has 4 heteroatoms. The molecule has 0 saturated carbocycles. The molecule has 3 rings (SSSR count). The molecule has 0 aliphatic heterocycles. The molecule has 2 N–H and O–H groups in total. The fourth-order valence-electron chi connectivity index (χ4n) is 2.46. The molecule has 2 aromatic rings. The number of thiophene rings is 1. The Morgan fingerprint density at radius 3 is 3.00 bits per heavy atom. The molecule has 1 aliphatic carbocycles. The van der Waals surface area contributed by atoms with E-state index in [0.717, 1.165) is 21.7 Å². The third-order valence-corrected chi connectivity index (χ3v) is 4.56. The molecule has 3 nitrogen and oxygen atoms in total. The van der Waals surface area contributed by atoms with Crippen LogP contribution in [0.4, 0.5) is 0 Å². The van der Waals surface area contributed by atoms with Gasteiger partial charge >= 0.3 is 0 Å². The van der Waals surface area contributed by atoms with Crippen molar-refractivity contribution in [1.82, 2.24) is 5.32 Å². The lowest BCUT2D eigenvalue weighted by molar-refractivity contribution is -0.123. The Bertz CT molecular complexity index is 724. The van der Waals surface area contributed by atoms with Gasteiger partial charge in [-0.1, -0.05) is 36.1 Å². The number of amides is 1. The smallest absolute Gasteiger partial charge is 0.228 e. The molecular weight excluding hydrogens is 282 g/mol. The van der Waals surface area contributed by atoms with Crippen molar-refractivity contribution in [2.45, 2.75) is 18.9 Å². The van der Waals surface area contributed by atoms with E-state index in [2.05, 4.69) is 23.2 Å². The molecule has 1 aromatic carbocycles.